The van der Waals surface area contributed by atoms with E-state index in [-0.39, 0.29) is 5.56 Å². The molecule has 1 aromatic heterocycles. The fourth-order valence-corrected chi connectivity index (χ4v) is 1.09. The molecule has 0 amide bonds. The van der Waals surface area contributed by atoms with Crippen molar-refractivity contribution in [3.05, 3.63) is 22.6 Å². The summed E-state index contributed by atoms with van der Waals surface area (Å²) in [6.07, 6.45) is 1.46. The molecule has 15 heavy (non-hydrogen) atoms. The SMILES string of the molecule is CC(C)COCCn1ncc(N)cc1=O. The van der Waals surface area contributed by atoms with Crippen molar-refractivity contribution in [1.82, 2.24) is 9.78 Å². The van der Waals surface area contributed by atoms with E-state index in [0.717, 1.165) is 0 Å². The largest absolute Gasteiger partial charge is 0.397 e. The van der Waals surface area contributed by atoms with Crippen LogP contribution < -0.4 is 11.3 Å². The molecular formula is C10H17N3O2. The molecule has 5 nitrogen and oxygen atoms in total. The van der Waals surface area contributed by atoms with Crippen LogP contribution in [0.1, 0.15) is 13.8 Å². The van der Waals surface area contributed by atoms with Gasteiger partial charge in [-0.15, -0.1) is 0 Å². The van der Waals surface area contributed by atoms with E-state index in [1.54, 1.807) is 0 Å². The third-order valence-electron chi connectivity index (χ3n) is 1.79. The second kappa shape index (κ2) is 5.50. The lowest BCUT2D eigenvalue weighted by Gasteiger charge is -2.07. The minimum Gasteiger partial charge on any atom is -0.397 e. The first kappa shape index (κ1) is 11.7. The van der Waals surface area contributed by atoms with Crippen LogP contribution in [0, 0.1) is 5.92 Å². The lowest BCUT2D eigenvalue weighted by molar-refractivity contribution is 0.100. The maximum absolute atomic E-state index is 11.3. The van der Waals surface area contributed by atoms with Crippen LogP contribution in [0.15, 0.2) is 17.1 Å². The fraction of sp³-hybridized carbons (Fsp3) is 0.600. The van der Waals surface area contributed by atoms with Gasteiger partial charge in [0.25, 0.3) is 5.56 Å². The topological polar surface area (TPSA) is 70.1 Å². The van der Waals surface area contributed by atoms with Gasteiger partial charge in [-0.25, -0.2) is 4.68 Å². The quantitative estimate of drug-likeness (QED) is 0.720. The highest BCUT2D eigenvalue weighted by Gasteiger charge is 1.98. The number of anilines is 1. The second-order valence-corrected chi connectivity index (χ2v) is 3.82. The molecule has 0 bridgehead atoms. The van der Waals surface area contributed by atoms with Crippen LogP contribution in [0.25, 0.3) is 0 Å². The number of rotatable bonds is 5. The molecule has 0 fully saturated rings. The smallest absolute Gasteiger partial charge is 0.268 e. The van der Waals surface area contributed by atoms with Crippen molar-refractivity contribution in [2.24, 2.45) is 5.92 Å². The van der Waals surface area contributed by atoms with E-state index in [1.165, 1.54) is 16.9 Å². The van der Waals surface area contributed by atoms with E-state index in [2.05, 4.69) is 18.9 Å². The molecule has 0 aliphatic carbocycles. The Labute approximate surface area is 88.9 Å². The summed E-state index contributed by atoms with van der Waals surface area (Å²) in [6, 6.07) is 1.36. The zero-order chi connectivity index (χ0) is 11.3. The molecular weight excluding hydrogens is 194 g/mol. The van der Waals surface area contributed by atoms with Crippen LogP contribution in [0.3, 0.4) is 0 Å². The first-order valence-corrected chi connectivity index (χ1v) is 5.00. The summed E-state index contributed by atoms with van der Waals surface area (Å²) in [5.74, 6) is 0.501. The monoisotopic (exact) mass is 211 g/mol. The molecule has 0 aliphatic rings. The third kappa shape index (κ3) is 4.12. The summed E-state index contributed by atoms with van der Waals surface area (Å²) in [4.78, 5) is 11.3. The summed E-state index contributed by atoms with van der Waals surface area (Å²) in [6.45, 7) is 5.81. The summed E-state index contributed by atoms with van der Waals surface area (Å²) in [5.41, 5.74) is 5.61. The molecule has 1 rings (SSSR count). The first-order chi connectivity index (χ1) is 7.09. The van der Waals surface area contributed by atoms with E-state index in [4.69, 9.17) is 10.5 Å². The summed E-state index contributed by atoms with van der Waals surface area (Å²) in [5, 5.41) is 3.89. The first-order valence-electron chi connectivity index (χ1n) is 5.00. The Morgan fingerprint density at radius 1 is 1.60 bits per heavy atom. The van der Waals surface area contributed by atoms with Gasteiger partial charge >= 0.3 is 0 Å². The van der Waals surface area contributed by atoms with Crippen LogP contribution in [-0.2, 0) is 11.3 Å². The lowest BCUT2D eigenvalue weighted by Crippen LogP contribution is -2.24. The molecule has 0 radical (unpaired) electrons. The average molecular weight is 211 g/mol. The summed E-state index contributed by atoms with van der Waals surface area (Å²) < 4.78 is 6.70. The van der Waals surface area contributed by atoms with E-state index in [9.17, 15) is 4.79 Å². The van der Waals surface area contributed by atoms with Crippen LogP contribution >= 0.6 is 0 Å². The number of ether oxygens (including phenoxy) is 1. The Kier molecular flexibility index (Phi) is 4.30. The van der Waals surface area contributed by atoms with Gasteiger partial charge in [-0.1, -0.05) is 13.8 Å². The Morgan fingerprint density at radius 2 is 2.33 bits per heavy atom. The molecule has 1 heterocycles. The Hall–Kier alpha value is -1.36. The number of nitrogens with two attached hydrogens (primary N) is 1. The molecule has 0 saturated carbocycles. The van der Waals surface area contributed by atoms with Crippen molar-refractivity contribution in [3.63, 3.8) is 0 Å². The molecule has 0 saturated heterocycles. The maximum Gasteiger partial charge on any atom is 0.268 e. The van der Waals surface area contributed by atoms with Crippen molar-refractivity contribution in [3.8, 4) is 0 Å². The summed E-state index contributed by atoms with van der Waals surface area (Å²) >= 11 is 0. The van der Waals surface area contributed by atoms with Gasteiger partial charge in [0.15, 0.2) is 0 Å². The van der Waals surface area contributed by atoms with Crippen molar-refractivity contribution >= 4 is 5.69 Å². The van der Waals surface area contributed by atoms with E-state index in [1.807, 2.05) is 0 Å². The fourth-order valence-electron chi connectivity index (χ4n) is 1.09. The van der Waals surface area contributed by atoms with Gasteiger partial charge in [0.1, 0.15) is 0 Å². The number of hydrogen-bond donors (Lipinski definition) is 1. The lowest BCUT2D eigenvalue weighted by atomic mass is 10.2. The van der Waals surface area contributed by atoms with Gasteiger partial charge in [-0.3, -0.25) is 4.79 Å². The predicted molar refractivity (Wildman–Crippen MR) is 58.6 cm³/mol. The van der Waals surface area contributed by atoms with Gasteiger partial charge in [-0.05, 0) is 5.92 Å². The number of nitrogen functional groups attached to an aromatic ring is 1. The predicted octanol–water partition coefficient (Wildman–Crippen LogP) is 0.498. The zero-order valence-corrected chi connectivity index (χ0v) is 9.14. The van der Waals surface area contributed by atoms with Crippen LogP contribution in [0.2, 0.25) is 0 Å². The minimum atomic E-state index is -0.192. The third-order valence-corrected chi connectivity index (χ3v) is 1.79. The van der Waals surface area contributed by atoms with Crippen LogP contribution in [0.4, 0.5) is 5.69 Å². The van der Waals surface area contributed by atoms with Gasteiger partial charge in [-0.2, -0.15) is 5.10 Å². The number of aromatic nitrogens is 2. The molecule has 0 aliphatic heterocycles. The molecule has 1 aromatic rings. The molecule has 2 N–H and O–H groups in total. The highest BCUT2D eigenvalue weighted by atomic mass is 16.5. The highest BCUT2D eigenvalue weighted by molar-refractivity contribution is 5.31. The standard InChI is InChI=1S/C10H17N3O2/c1-8(2)7-15-4-3-13-10(14)5-9(11)6-12-13/h5-6,8H,3-4,7,11H2,1-2H3. The van der Waals surface area contributed by atoms with E-state index < -0.39 is 0 Å². The molecule has 0 unspecified atom stereocenters. The Bertz CT molecular complexity index is 360. The normalized spacial score (nSPS) is 10.9. The van der Waals surface area contributed by atoms with E-state index in [0.29, 0.717) is 31.4 Å². The Morgan fingerprint density at radius 3 is 2.93 bits per heavy atom. The maximum atomic E-state index is 11.3. The van der Waals surface area contributed by atoms with Gasteiger partial charge in [0, 0.05) is 12.7 Å². The van der Waals surface area contributed by atoms with Crippen LogP contribution in [0.5, 0.6) is 0 Å². The highest BCUT2D eigenvalue weighted by Crippen LogP contribution is 1.93. The van der Waals surface area contributed by atoms with Gasteiger partial charge in [0.2, 0.25) is 0 Å². The molecule has 0 atom stereocenters. The minimum absolute atomic E-state index is 0.192. The molecule has 0 spiro atoms. The van der Waals surface area contributed by atoms with Crippen molar-refractivity contribution in [1.29, 1.82) is 0 Å². The number of nitrogens with zero attached hydrogens (tertiary/aromatic N) is 2. The van der Waals surface area contributed by atoms with Crippen molar-refractivity contribution < 1.29 is 4.74 Å². The summed E-state index contributed by atoms with van der Waals surface area (Å²) in [7, 11) is 0. The van der Waals surface area contributed by atoms with Gasteiger partial charge in [0.05, 0.1) is 25.0 Å². The molecule has 84 valence electrons. The molecule has 0 aromatic carbocycles. The second-order valence-electron chi connectivity index (χ2n) is 3.82. The van der Waals surface area contributed by atoms with Crippen molar-refractivity contribution in [2.45, 2.75) is 20.4 Å². The zero-order valence-electron chi connectivity index (χ0n) is 9.14. The average Bonchev–Trinajstić information content (AvgIpc) is 2.14. The van der Waals surface area contributed by atoms with E-state index >= 15 is 0 Å². The van der Waals surface area contributed by atoms with Crippen LogP contribution in [-0.4, -0.2) is 23.0 Å². The van der Waals surface area contributed by atoms with Crippen molar-refractivity contribution in [2.75, 3.05) is 18.9 Å². The van der Waals surface area contributed by atoms with Gasteiger partial charge < -0.3 is 10.5 Å². The Balaban J connectivity index is 2.41. The number of hydrogen-bond acceptors (Lipinski definition) is 4. The molecule has 5 heteroatoms.